The minimum absolute atomic E-state index is 0.146. The lowest BCUT2D eigenvalue weighted by atomic mass is 10.2. The summed E-state index contributed by atoms with van der Waals surface area (Å²) < 4.78 is 0. The van der Waals surface area contributed by atoms with E-state index in [0.717, 1.165) is 12.8 Å². The highest BCUT2D eigenvalue weighted by molar-refractivity contribution is 5.97. The van der Waals surface area contributed by atoms with Gasteiger partial charge in [-0.05, 0) is 12.8 Å². The Labute approximate surface area is 82.1 Å². The Morgan fingerprint density at radius 2 is 2.29 bits per heavy atom. The average molecular weight is 194 g/mol. The average Bonchev–Trinajstić information content (AvgIpc) is 2.75. The first-order valence-corrected chi connectivity index (χ1v) is 4.87. The Morgan fingerprint density at radius 3 is 2.86 bits per heavy atom. The summed E-state index contributed by atoms with van der Waals surface area (Å²) in [7, 11) is 0. The molecule has 1 aromatic rings. The first kappa shape index (κ1) is 9.05. The van der Waals surface area contributed by atoms with E-state index in [1.54, 1.807) is 0 Å². The Balaban J connectivity index is 1.98. The van der Waals surface area contributed by atoms with Crippen LogP contribution in [-0.4, -0.2) is 22.1 Å². The Kier molecular flexibility index (Phi) is 2.39. The van der Waals surface area contributed by atoms with Crippen molar-refractivity contribution in [2.45, 2.75) is 31.7 Å². The zero-order valence-corrected chi connectivity index (χ0v) is 7.92. The fraction of sp³-hybridized carbons (Fsp3) is 0.556. The standard InChI is InChI=1S/C9H14N4O/c10-7-5-11-13-8(7)9(14)12-6-3-1-2-4-6/h5-6H,1-4,10H2,(H,11,13)(H,12,14). The van der Waals surface area contributed by atoms with Gasteiger partial charge in [-0.25, -0.2) is 0 Å². The monoisotopic (exact) mass is 194 g/mol. The number of rotatable bonds is 2. The first-order valence-electron chi connectivity index (χ1n) is 4.87. The maximum atomic E-state index is 11.6. The van der Waals surface area contributed by atoms with Gasteiger partial charge < -0.3 is 11.1 Å². The number of nitrogens with zero attached hydrogens (tertiary/aromatic N) is 1. The number of nitrogens with one attached hydrogen (secondary N) is 2. The number of nitrogens with two attached hydrogens (primary N) is 1. The molecule has 5 heteroatoms. The zero-order valence-electron chi connectivity index (χ0n) is 7.92. The molecule has 1 fully saturated rings. The molecule has 1 aliphatic rings. The van der Waals surface area contributed by atoms with Crippen molar-refractivity contribution in [1.82, 2.24) is 15.5 Å². The second-order valence-electron chi connectivity index (χ2n) is 3.66. The summed E-state index contributed by atoms with van der Waals surface area (Å²) in [5.41, 5.74) is 6.34. The molecule has 1 aromatic heterocycles. The third-order valence-corrected chi connectivity index (χ3v) is 2.59. The number of hydrogen-bond donors (Lipinski definition) is 3. The van der Waals surface area contributed by atoms with Crippen molar-refractivity contribution in [3.63, 3.8) is 0 Å². The van der Waals surface area contributed by atoms with Crippen LogP contribution >= 0.6 is 0 Å². The van der Waals surface area contributed by atoms with E-state index < -0.39 is 0 Å². The van der Waals surface area contributed by atoms with Crippen molar-refractivity contribution in [1.29, 1.82) is 0 Å². The molecule has 1 saturated carbocycles. The van der Waals surface area contributed by atoms with E-state index in [1.165, 1.54) is 19.0 Å². The molecule has 0 radical (unpaired) electrons. The van der Waals surface area contributed by atoms with Gasteiger partial charge in [-0.1, -0.05) is 12.8 Å². The number of hydrogen-bond acceptors (Lipinski definition) is 3. The van der Waals surface area contributed by atoms with Gasteiger partial charge in [-0.3, -0.25) is 9.89 Å². The molecule has 0 spiro atoms. The van der Waals surface area contributed by atoms with E-state index in [1.807, 2.05) is 0 Å². The molecule has 5 nitrogen and oxygen atoms in total. The fourth-order valence-electron chi connectivity index (χ4n) is 1.81. The number of aromatic amines is 1. The quantitative estimate of drug-likeness (QED) is 0.646. The summed E-state index contributed by atoms with van der Waals surface area (Å²) >= 11 is 0. The molecule has 0 saturated heterocycles. The van der Waals surface area contributed by atoms with Crippen molar-refractivity contribution in [3.05, 3.63) is 11.9 Å². The molecule has 0 bridgehead atoms. The molecule has 2 rings (SSSR count). The highest BCUT2D eigenvalue weighted by Gasteiger charge is 2.19. The van der Waals surface area contributed by atoms with Gasteiger partial charge >= 0.3 is 0 Å². The summed E-state index contributed by atoms with van der Waals surface area (Å²) in [6, 6.07) is 0.310. The van der Waals surface area contributed by atoms with Crippen molar-refractivity contribution in [2.24, 2.45) is 0 Å². The van der Waals surface area contributed by atoms with Crippen LogP contribution in [0.3, 0.4) is 0 Å². The van der Waals surface area contributed by atoms with Gasteiger partial charge in [0.2, 0.25) is 0 Å². The summed E-state index contributed by atoms with van der Waals surface area (Å²) in [5, 5.41) is 9.23. The first-order chi connectivity index (χ1) is 6.77. The summed E-state index contributed by atoms with van der Waals surface area (Å²) in [6.45, 7) is 0. The summed E-state index contributed by atoms with van der Waals surface area (Å²) in [6.07, 6.45) is 5.98. The maximum absolute atomic E-state index is 11.6. The third-order valence-electron chi connectivity index (χ3n) is 2.59. The predicted molar refractivity (Wildman–Crippen MR) is 52.7 cm³/mol. The minimum atomic E-state index is -0.146. The highest BCUT2D eigenvalue weighted by Crippen LogP contribution is 2.18. The molecule has 76 valence electrons. The molecule has 1 heterocycles. The number of aromatic nitrogens is 2. The van der Waals surface area contributed by atoms with Gasteiger partial charge in [0.15, 0.2) is 0 Å². The second-order valence-corrected chi connectivity index (χ2v) is 3.66. The predicted octanol–water partition coefficient (Wildman–Crippen LogP) is 0.664. The van der Waals surface area contributed by atoms with Crippen LogP contribution in [-0.2, 0) is 0 Å². The molecule has 0 unspecified atom stereocenters. The lowest BCUT2D eigenvalue weighted by Gasteiger charge is -2.10. The van der Waals surface area contributed by atoms with E-state index in [4.69, 9.17) is 5.73 Å². The zero-order chi connectivity index (χ0) is 9.97. The smallest absolute Gasteiger partial charge is 0.271 e. The molecule has 14 heavy (non-hydrogen) atoms. The van der Waals surface area contributed by atoms with Crippen molar-refractivity contribution in [3.8, 4) is 0 Å². The van der Waals surface area contributed by atoms with Gasteiger partial charge in [0.1, 0.15) is 5.69 Å². The largest absolute Gasteiger partial charge is 0.396 e. The SMILES string of the molecule is Nc1cn[nH]c1C(=O)NC1CCCC1. The van der Waals surface area contributed by atoms with Crippen LogP contribution in [0.1, 0.15) is 36.2 Å². The van der Waals surface area contributed by atoms with Crippen molar-refractivity contribution >= 4 is 11.6 Å². The van der Waals surface area contributed by atoms with Crippen LogP contribution in [0.15, 0.2) is 6.20 Å². The maximum Gasteiger partial charge on any atom is 0.271 e. The third kappa shape index (κ3) is 1.71. The molecular weight excluding hydrogens is 180 g/mol. The number of carbonyl (C=O) groups is 1. The van der Waals surface area contributed by atoms with Crippen molar-refractivity contribution in [2.75, 3.05) is 5.73 Å². The number of H-pyrrole nitrogens is 1. The van der Waals surface area contributed by atoms with E-state index >= 15 is 0 Å². The Morgan fingerprint density at radius 1 is 1.57 bits per heavy atom. The molecule has 0 atom stereocenters. The van der Waals surface area contributed by atoms with Gasteiger partial charge in [0.05, 0.1) is 11.9 Å². The van der Waals surface area contributed by atoms with Crippen molar-refractivity contribution < 1.29 is 4.79 Å². The van der Waals surface area contributed by atoms with Gasteiger partial charge in [0, 0.05) is 6.04 Å². The minimum Gasteiger partial charge on any atom is -0.396 e. The number of nitrogen functional groups attached to an aromatic ring is 1. The van der Waals surface area contributed by atoms with Gasteiger partial charge in [0.25, 0.3) is 5.91 Å². The molecule has 1 amide bonds. The van der Waals surface area contributed by atoms with Crippen LogP contribution in [0.25, 0.3) is 0 Å². The molecular formula is C9H14N4O. The molecule has 0 aromatic carbocycles. The van der Waals surface area contributed by atoms with Crippen LogP contribution in [0, 0.1) is 0 Å². The highest BCUT2D eigenvalue weighted by atomic mass is 16.2. The second kappa shape index (κ2) is 3.69. The molecule has 0 aliphatic heterocycles. The summed E-state index contributed by atoms with van der Waals surface area (Å²) in [4.78, 5) is 11.6. The van der Waals surface area contributed by atoms with Crippen LogP contribution in [0.2, 0.25) is 0 Å². The van der Waals surface area contributed by atoms with E-state index in [0.29, 0.717) is 17.4 Å². The normalized spacial score (nSPS) is 17.1. The fourth-order valence-corrected chi connectivity index (χ4v) is 1.81. The van der Waals surface area contributed by atoms with E-state index in [2.05, 4.69) is 15.5 Å². The number of anilines is 1. The number of amides is 1. The Hall–Kier alpha value is -1.52. The van der Waals surface area contributed by atoms with E-state index in [9.17, 15) is 4.79 Å². The number of carbonyl (C=O) groups excluding carboxylic acids is 1. The van der Waals surface area contributed by atoms with Crippen LogP contribution < -0.4 is 11.1 Å². The van der Waals surface area contributed by atoms with E-state index in [-0.39, 0.29) is 5.91 Å². The van der Waals surface area contributed by atoms with Crippen LogP contribution in [0.4, 0.5) is 5.69 Å². The molecule has 1 aliphatic carbocycles. The van der Waals surface area contributed by atoms with Gasteiger partial charge in [-0.15, -0.1) is 0 Å². The summed E-state index contributed by atoms with van der Waals surface area (Å²) in [5.74, 6) is -0.146. The van der Waals surface area contributed by atoms with Gasteiger partial charge in [-0.2, -0.15) is 5.10 Å². The lowest BCUT2D eigenvalue weighted by molar-refractivity contribution is 0.0933. The molecule has 4 N–H and O–H groups in total. The topological polar surface area (TPSA) is 83.8 Å². The Bertz CT molecular complexity index is 327. The van der Waals surface area contributed by atoms with Crippen LogP contribution in [0.5, 0.6) is 0 Å². The lowest BCUT2D eigenvalue weighted by Crippen LogP contribution is -2.33.